The van der Waals surface area contributed by atoms with Crippen molar-refractivity contribution in [1.29, 1.82) is 5.41 Å². The van der Waals surface area contributed by atoms with Crippen LogP contribution >= 0.6 is 45.7 Å². The second kappa shape index (κ2) is 8.05. The molecule has 1 saturated heterocycles. The van der Waals surface area contributed by atoms with Gasteiger partial charge < -0.3 is 9.84 Å². The molecule has 1 aromatic carbocycles. The number of hydrogen-bond acceptors (Lipinski definition) is 8. The van der Waals surface area contributed by atoms with Crippen LogP contribution in [0.3, 0.4) is 0 Å². The number of aromatic hydroxyl groups is 1. The first-order chi connectivity index (χ1) is 12.4. The first kappa shape index (κ1) is 19.3. The van der Waals surface area contributed by atoms with Gasteiger partial charge in [0.15, 0.2) is 17.3 Å². The van der Waals surface area contributed by atoms with Crippen LogP contribution < -0.4 is 4.74 Å². The number of Topliss-reactive ketones (excluding diaryl/α,β-unsaturated/α-hetero) is 1. The molecule has 3 rings (SSSR count). The SMILES string of the molecule is CCOc1cc(/C=C2\SC(=N)[C@@H](c3nnc(CC)s3)C2=O)cc(I)c1O. The smallest absolute Gasteiger partial charge is 0.186 e. The molecule has 1 aromatic heterocycles. The van der Waals surface area contributed by atoms with Crippen LogP contribution in [-0.2, 0) is 11.2 Å². The molecule has 0 spiro atoms. The van der Waals surface area contributed by atoms with Gasteiger partial charge in [-0.05, 0) is 59.7 Å². The monoisotopic (exact) mass is 501 g/mol. The third-order valence-corrected chi connectivity index (χ3v) is 6.62. The number of nitrogens with zero attached hydrogens (tertiary/aromatic N) is 2. The van der Waals surface area contributed by atoms with Gasteiger partial charge in [-0.2, -0.15) is 0 Å². The van der Waals surface area contributed by atoms with Gasteiger partial charge in [0.25, 0.3) is 0 Å². The number of halogens is 1. The van der Waals surface area contributed by atoms with E-state index in [0.717, 1.165) is 28.8 Å². The molecule has 0 saturated carbocycles. The number of rotatable bonds is 5. The number of allylic oxidation sites excluding steroid dienone is 1. The largest absolute Gasteiger partial charge is 0.504 e. The Balaban J connectivity index is 1.93. The summed E-state index contributed by atoms with van der Waals surface area (Å²) in [7, 11) is 0. The van der Waals surface area contributed by atoms with Crippen molar-refractivity contribution in [3.63, 3.8) is 0 Å². The van der Waals surface area contributed by atoms with E-state index in [0.29, 0.717) is 25.8 Å². The fourth-order valence-electron chi connectivity index (χ4n) is 2.43. The molecular formula is C17H16IN3O3S2. The van der Waals surface area contributed by atoms with Gasteiger partial charge in [-0.3, -0.25) is 10.2 Å². The van der Waals surface area contributed by atoms with E-state index in [1.54, 1.807) is 18.2 Å². The molecule has 0 unspecified atom stereocenters. The first-order valence-electron chi connectivity index (χ1n) is 7.94. The Morgan fingerprint density at radius 2 is 2.15 bits per heavy atom. The second-order valence-corrected chi connectivity index (χ2v) is 8.78. The first-order valence-corrected chi connectivity index (χ1v) is 10.7. The van der Waals surface area contributed by atoms with E-state index in [1.807, 2.05) is 36.4 Å². The number of carbonyl (C=O) groups is 1. The third-order valence-electron chi connectivity index (χ3n) is 3.67. The van der Waals surface area contributed by atoms with Crippen molar-refractivity contribution < 1.29 is 14.6 Å². The highest BCUT2D eigenvalue weighted by atomic mass is 127. The van der Waals surface area contributed by atoms with Gasteiger partial charge in [0.05, 0.1) is 20.1 Å². The molecule has 6 nitrogen and oxygen atoms in total. The third kappa shape index (κ3) is 3.79. The normalized spacial score (nSPS) is 18.7. The minimum atomic E-state index is -0.661. The molecular weight excluding hydrogens is 485 g/mol. The highest BCUT2D eigenvalue weighted by molar-refractivity contribution is 14.1. The number of nitrogens with one attached hydrogen (secondary N) is 1. The van der Waals surface area contributed by atoms with Gasteiger partial charge in [0, 0.05) is 0 Å². The lowest BCUT2D eigenvalue weighted by Gasteiger charge is -2.09. The number of carbonyl (C=O) groups excluding carboxylic acids is 1. The van der Waals surface area contributed by atoms with E-state index >= 15 is 0 Å². The Bertz CT molecular complexity index is 911. The van der Waals surface area contributed by atoms with Crippen molar-refractivity contribution in [2.45, 2.75) is 26.2 Å². The molecule has 2 heterocycles. The summed E-state index contributed by atoms with van der Waals surface area (Å²) in [5.41, 5.74) is 0.742. The van der Waals surface area contributed by atoms with Crippen molar-refractivity contribution in [2.24, 2.45) is 0 Å². The van der Waals surface area contributed by atoms with Crippen LogP contribution in [0, 0.1) is 8.98 Å². The van der Waals surface area contributed by atoms with Gasteiger partial charge >= 0.3 is 0 Å². The number of aromatic nitrogens is 2. The number of phenols is 1. The average molecular weight is 501 g/mol. The zero-order valence-electron chi connectivity index (χ0n) is 14.1. The predicted molar refractivity (Wildman–Crippen MR) is 112 cm³/mol. The quantitative estimate of drug-likeness (QED) is 0.471. The van der Waals surface area contributed by atoms with Crippen molar-refractivity contribution >= 4 is 62.6 Å². The Labute approximate surface area is 172 Å². The fraction of sp³-hybridized carbons (Fsp3) is 0.294. The van der Waals surface area contributed by atoms with Crippen molar-refractivity contribution in [3.05, 3.63) is 36.2 Å². The number of thioether (sulfide) groups is 1. The van der Waals surface area contributed by atoms with Crippen molar-refractivity contribution in [2.75, 3.05) is 6.61 Å². The second-order valence-electron chi connectivity index (χ2n) is 5.44. The van der Waals surface area contributed by atoms with Crippen LogP contribution in [0.25, 0.3) is 6.08 Å². The molecule has 1 fully saturated rings. The lowest BCUT2D eigenvalue weighted by atomic mass is 10.1. The lowest BCUT2D eigenvalue weighted by molar-refractivity contribution is -0.114. The van der Waals surface area contributed by atoms with Gasteiger partial charge in [0.1, 0.15) is 15.9 Å². The molecule has 0 aliphatic carbocycles. The van der Waals surface area contributed by atoms with Gasteiger partial charge in [-0.15, -0.1) is 21.5 Å². The topological polar surface area (TPSA) is 96.2 Å². The Morgan fingerprint density at radius 3 is 2.81 bits per heavy atom. The fourth-order valence-corrected chi connectivity index (χ4v) is 5.01. The molecule has 1 aliphatic heterocycles. The minimum Gasteiger partial charge on any atom is -0.504 e. The van der Waals surface area contributed by atoms with E-state index in [4.69, 9.17) is 10.1 Å². The van der Waals surface area contributed by atoms with E-state index in [1.165, 1.54) is 11.3 Å². The summed E-state index contributed by atoms with van der Waals surface area (Å²) in [6.45, 7) is 4.25. The Hall–Kier alpha value is -1.46. The standard InChI is InChI=1S/C17H16IN3O3S2/c1-3-12-20-21-17(26-12)13-15(23)11(25-16(13)19)7-8-5-9(18)14(22)10(6-8)24-4-2/h5-7,13,19,22H,3-4H2,1-2H3/b11-7-,19-16?/t13-/m0/s1. The molecule has 1 atom stereocenters. The van der Waals surface area contributed by atoms with Crippen molar-refractivity contribution in [3.8, 4) is 11.5 Å². The van der Waals surface area contributed by atoms with Crippen LogP contribution in [0.1, 0.15) is 35.3 Å². The summed E-state index contributed by atoms with van der Waals surface area (Å²) < 4.78 is 6.08. The average Bonchev–Trinajstić information content (AvgIpc) is 3.17. The van der Waals surface area contributed by atoms with E-state index in [-0.39, 0.29) is 16.6 Å². The van der Waals surface area contributed by atoms with Crippen LogP contribution in [0.5, 0.6) is 11.5 Å². The minimum absolute atomic E-state index is 0.0894. The molecule has 136 valence electrons. The van der Waals surface area contributed by atoms with Crippen LogP contribution in [-0.4, -0.2) is 32.7 Å². The number of aryl methyl sites for hydroxylation is 1. The molecule has 0 bridgehead atoms. The predicted octanol–water partition coefficient (Wildman–Crippen LogP) is 4.23. The van der Waals surface area contributed by atoms with E-state index in [2.05, 4.69) is 10.2 Å². The van der Waals surface area contributed by atoms with Crippen molar-refractivity contribution in [1.82, 2.24) is 10.2 Å². The maximum atomic E-state index is 12.8. The van der Waals surface area contributed by atoms with Gasteiger partial charge in [-0.1, -0.05) is 18.7 Å². The maximum absolute atomic E-state index is 12.8. The number of ether oxygens (including phenoxy) is 1. The van der Waals surface area contributed by atoms with Crippen LogP contribution in [0.4, 0.5) is 0 Å². The lowest BCUT2D eigenvalue weighted by Crippen LogP contribution is -2.11. The van der Waals surface area contributed by atoms with Gasteiger partial charge in [0.2, 0.25) is 0 Å². The number of hydrogen-bond donors (Lipinski definition) is 2. The zero-order valence-corrected chi connectivity index (χ0v) is 17.9. The molecule has 9 heteroatoms. The molecule has 0 radical (unpaired) electrons. The van der Waals surface area contributed by atoms with E-state index < -0.39 is 5.92 Å². The number of phenolic OH excluding ortho intramolecular Hbond substituents is 1. The highest BCUT2D eigenvalue weighted by Crippen LogP contribution is 2.42. The zero-order chi connectivity index (χ0) is 18.8. The van der Waals surface area contributed by atoms with Crippen LogP contribution in [0.2, 0.25) is 0 Å². The summed E-state index contributed by atoms with van der Waals surface area (Å²) in [6.07, 6.45) is 2.49. The van der Waals surface area contributed by atoms with E-state index in [9.17, 15) is 9.90 Å². The maximum Gasteiger partial charge on any atom is 0.186 e. The molecule has 1 aliphatic rings. The summed E-state index contributed by atoms with van der Waals surface area (Å²) in [5, 5.41) is 28.1. The number of benzene rings is 1. The molecule has 26 heavy (non-hydrogen) atoms. The van der Waals surface area contributed by atoms with Crippen LogP contribution in [0.15, 0.2) is 17.0 Å². The summed E-state index contributed by atoms with van der Waals surface area (Å²) >= 11 is 4.55. The number of ketones is 1. The molecule has 2 N–H and O–H groups in total. The Morgan fingerprint density at radius 1 is 1.38 bits per heavy atom. The summed E-state index contributed by atoms with van der Waals surface area (Å²) in [6, 6.07) is 3.47. The highest BCUT2D eigenvalue weighted by Gasteiger charge is 2.39. The molecule has 2 aromatic rings. The summed E-state index contributed by atoms with van der Waals surface area (Å²) in [5.74, 6) is -0.331. The molecule has 0 amide bonds. The van der Waals surface area contributed by atoms with Gasteiger partial charge in [-0.25, -0.2) is 0 Å². The summed E-state index contributed by atoms with van der Waals surface area (Å²) in [4.78, 5) is 13.3. The Kier molecular flexibility index (Phi) is 5.98.